The van der Waals surface area contributed by atoms with Crippen LogP contribution in [0.2, 0.25) is 0 Å². The van der Waals surface area contributed by atoms with Gasteiger partial charge in [0, 0.05) is 6.54 Å². The zero-order valence-electron chi connectivity index (χ0n) is 12.5. The highest BCUT2D eigenvalue weighted by atomic mass is 19.1. The number of benzene rings is 2. The van der Waals surface area contributed by atoms with Crippen LogP contribution in [0.5, 0.6) is 0 Å². The van der Waals surface area contributed by atoms with Crippen LogP contribution in [0, 0.1) is 19.7 Å². The summed E-state index contributed by atoms with van der Waals surface area (Å²) in [5.41, 5.74) is 5.15. The summed E-state index contributed by atoms with van der Waals surface area (Å²) in [6.07, 6.45) is 1.13. The average molecular weight is 271 g/mol. The maximum Gasteiger partial charge on any atom is 0.126 e. The van der Waals surface area contributed by atoms with Crippen LogP contribution < -0.4 is 5.32 Å². The van der Waals surface area contributed by atoms with Crippen molar-refractivity contribution in [2.24, 2.45) is 0 Å². The zero-order valence-corrected chi connectivity index (χ0v) is 12.5. The first-order chi connectivity index (χ1) is 9.61. The molecule has 0 aliphatic carbocycles. The molecule has 0 saturated heterocycles. The first-order valence-corrected chi connectivity index (χ1v) is 7.18. The second-order valence-corrected chi connectivity index (χ2v) is 5.29. The van der Waals surface area contributed by atoms with E-state index in [1.165, 1.54) is 11.1 Å². The maximum atomic E-state index is 13.7. The minimum Gasteiger partial charge on any atom is -0.313 e. The van der Waals surface area contributed by atoms with Gasteiger partial charge in [-0.1, -0.05) is 31.2 Å². The van der Waals surface area contributed by atoms with Crippen molar-refractivity contribution in [2.45, 2.75) is 33.7 Å². The van der Waals surface area contributed by atoms with Crippen molar-refractivity contribution in [3.05, 3.63) is 58.9 Å². The van der Waals surface area contributed by atoms with E-state index < -0.39 is 0 Å². The van der Waals surface area contributed by atoms with Gasteiger partial charge in [0.15, 0.2) is 0 Å². The number of aryl methyl sites for hydroxylation is 2. The molecule has 0 amide bonds. The lowest BCUT2D eigenvalue weighted by Gasteiger charge is -2.11. The van der Waals surface area contributed by atoms with Gasteiger partial charge in [-0.15, -0.1) is 0 Å². The van der Waals surface area contributed by atoms with E-state index in [1.807, 2.05) is 12.1 Å². The molecule has 2 aromatic rings. The Morgan fingerprint density at radius 3 is 2.45 bits per heavy atom. The van der Waals surface area contributed by atoms with E-state index in [0.29, 0.717) is 5.56 Å². The van der Waals surface area contributed by atoms with Crippen molar-refractivity contribution in [1.82, 2.24) is 5.32 Å². The van der Waals surface area contributed by atoms with Gasteiger partial charge in [0.2, 0.25) is 0 Å². The van der Waals surface area contributed by atoms with Crippen molar-refractivity contribution in [3.63, 3.8) is 0 Å². The lowest BCUT2D eigenvalue weighted by molar-refractivity contribution is 0.619. The number of nitrogens with one attached hydrogen (secondary N) is 1. The molecule has 106 valence electrons. The molecule has 0 heterocycles. The van der Waals surface area contributed by atoms with E-state index in [-0.39, 0.29) is 5.82 Å². The Labute approximate surface area is 120 Å². The summed E-state index contributed by atoms with van der Waals surface area (Å²) in [5.74, 6) is -0.142. The van der Waals surface area contributed by atoms with Crippen molar-refractivity contribution >= 4 is 0 Å². The summed E-state index contributed by atoms with van der Waals surface area (Å²) < 4.78 is 13.7. The van der Waals surface area contributed by atoms with Crippen LogP contribution in [0.4, 0.5) is 4.39 Å². The summed E-state index contributed by atoms with van der Waals surface area (Å²) >= 11 is 0. The molecule has 0 bridgehead atoms. The van der Waals surface area contributed by atoms with Crippen molar-refractivity contribution in [2.75, 3.05) is 6.54 Å². The van der Waals surface area contributed by atoms with Crippen LogP contribution in [0.3, 0.4) is 0 Å². The van der Waals surface area contributed by atoms with Crippen molar-refractivity contribution in [3.8, 4) is 11.1 Å². The molecule has 2 aromatic carbocycles. The highest BCUT2D eigenvalue weighted by Gasteiger charge is 2.06. The third-order valence-corrected chi connectivity index (χ3v) is 3.54. The third kappa shape index (κ3) is 3.45. The van der Waals surface area contributed by atoms with Gasteiger partial charge in [-0.05, 0) is 66.8 Å². The third-order valence-electron chi connectivity index (χ3n) is 3.54. The van der Waals surface area contributed by atoms with Crippen LogP contribution in [0.1, 0.15) is 30.0 Å². The Kier molecular flexibility index (Phi) is 4.91. The normalized spacial score (nSPS) is 10.8. The molecule has 0 spiro atoms. The van der Waals surface area contributed by atoms with Gasteiger partial charge in [0.05, 0.1) is 0 Å². The Morgan fingerprint density at radius 1 is 1.00 bits per heavy atom. The molecule has 0 unspecified atom stereocenters. The molecule has 0 saturated carbocycles. The lowest BCUT2D eigenvalue weighted by atomic mass is 9.97. The van der Waals surface area contributed by atoms with Crippen LogP contribution in [0.15, 0.2) is 36.4 Å². The number of hydrogen-bond donors (Lipinski definition) is 1. The van der Waals surface area contributed by atoms with Crippen LogP contribution in [-0.2, 0) is 6.54 Å². The molecule has 0 radical (unpaired) electrons. The van der Waals surface area contributed by atoms with Gasteiger partial charge in [-0.3, -0.25) is 0 Å². The fourth-order valence-corrected chi connectivity index (χ4v) is 2.26. The molecular formula is C18H22FN. The van der Waals surface area contributed by atoms with Gasteiger partial charge in [0.25, 0.3) is 0 Å². The molecule has 20 heavy (non-hydrogen) atoms. The molecule has 0 fully saturated rings. The number of halogens is 1. The maximum absolute atomic E-state index is 13.7. The van der Waals surface area contributed by atoms with Gasteiger partial charge in [-0.2, -0.15) is 0 Å². The molecule has 2 rings (SSSR count). The molecule has 0 aromatic heterocycles. The SMILES string of the molecule is CCCNCc1ccc(C)c(-c2ccc(C)c(F)c2)c1. The Balaban J connectivity index is 2.29. The fourth-order valence-electron chi connectivity index (χ4n) is 2.26. The molecular weight excluding hydrogens is 249 g/mol. The van der Waals surface area contributed by atoms with E-state index in [0.717, 1.165) is 30.6 Å². The van der Waals surface area contributed by atoms with Crippen LogP contribution in [-0.4, -0.2) is 6.54 Å². The van der Waals surface area contributed by atoms with Gasteiger partial charge in [0.1, 0.15) is 5.82 Å². The second kappa shape index (κ2) is 6.67. The van der Waals surface area contributed by atoms with Crippen molar-refractivity contribution in [1.29, 1.82) is 0 Å². The molecule has 0 atom stereocenters. The van der Waals surface area contributed by atoms with E-state index in [2.05, 4.69) is 37.4 Å². The predicted octanol–water partition coefficient (Wildman–Crippen LogP) is 4.61. The first kappa shape index (κ1) is 14.7. The smallest absolute Gasteiger partial charge is 0.126 e. The Bertz CT molecular complexity index is 590. The predicted molar refractivity (Wildman–Crippen MR) is 83.3 cm³/mol. The van der Waals surface area contributed by atoms with Crippen LogP contribution in [0.25, 0.3) is 11.1 Å². The number of rotatable bonds is 5. The number of hydrogen-bond acceptors (Lipinski definition) is 1. The van der Waals surface area contributed by atoms with Gasteiger partial charge < -0.3 is 5.32 Å². The molecule has 2 heteroatoms. The molecule has 0 aliphatic heterocycles. The lowest BCUT2D eigenvalue weighted by Crippen LogP contribution is -2.13. The Morgan fingerprint density at radius 2 is 1.75 bits per heavy atom. The second-order valence-electron chi connectivity index (χ2n) is 5.29. The zero-order chi connectivity index (χ0) is 14.5. The van der Waals surface area contributed by atoms with E-state index in [4.69, 9.17) is 0 Å². The first-order valence-electron chi connectivity index (χ1n) is 7.18. The quantitative estimate of drug-likeness (QED) is 0.783. The largest absolute Gasteiger partial charge is 0.313 e. The summed E-state index contributed by atoms with van der Waals surface area (Å²) in [4.78, 5) is 0. The standard InChI is InChI=1S/C18H22FN/c1-4-9-20-12-15-7-5-13(2)17(10-15)16-8-6-14(3)18(19)11-16/h5-8,10-11,20H,4,9,12H2,1-3H3. The highest BCUT2D eigenvalue weighted by molar-refractivity contribution is 5.68. The van der Waals surface area contributed by atoms with E-state index >= 15 is 0 Å². The summed E-state index contributed by atoms with van der Waals surface area (Å²) in [5, 5.41) is 3.40. The minimum atomic E-state index is -0.142. The fraction of sp³-hybridized carbons (Fsp3) is 0.333. The highest BCUT2D eigenvalue weighted by Crippen LogP contribution is 2.26. The molecule has 0 aliphatic rings. The van der Waals surface area contributed by atoms with Crippen molar-refractivity contribution < 1.29 is 4.39 Å². The summed E-state index contributed by atoms with van der Waals surface area (Å²) in [7, 11) is 0. The molecule has 1 N–H and O–H groups in total. The van der Waals surface area contributed by atoms with E-state index in [9.17, 15) is 4.39 Å². The Hall–Kier alpha value is -1.67. The van der Waals surface area contributed by atoms with Crippen LogP contribution >= 0.6 is 0 Å². The monoisotopic (exact) mass is 271 g/mol. The minimum absolute atomic E-state index is 0.142. The summed E-state index contributed by atoms with van der Waals surface area (Å²) in [6, 6.07) is 11.8. The summed E-state index contributed by atoms with van der Waals surface area (Å²) in [6.45, 7) is 7.88. The average Bonchev–Trinajstić information content (AvgIpc) is 2.44. The van der Waals surface area contributed by atoms with E-state index in [1.54, 1.807) is 13.0 Å². The van der Waals surface area contributed by atoms with Gasteiger partial charge >= 0.3 is 0 Å². The van der Waals surface area contributed by atoms with Gasteiger partial charge in [-0.25, -0.2) is 4.39 Å². The molecule has 1 nitrogen and oxygen atoms in total. The topological polar surface area (TPSA) is 12.0 Å².